The van der Waals surface area contributed by atoms with Crippen molar-refractivity contribution in [1.82, 2.24) is 4.90 Å². The molecule has 0 spiro atoms. The van der Waals surface area contributed by atoms with E-state index in [4.69, 9.17) is 4.74 Å². The largest absolute Gasteiger partial charge is 0.496 e. The Morgan fingerprint density at radius 2 is 1.86 bits per heavy atom. The SMILES string of the molecule is COc1ccc(C)cc1CSCC(=O)N(C(C)C)C(C)C. The number of aryl methyl sites for hydroxylation is 1. The number of methoxy groups -OCH3 is 1. The first kappa shape index (κ1) is 17.9. The van der Waals surface area contributed by atoms with E-state index in [-0.39, 0.29) is 18.0 Å². The van der Waals surface area contributed by atoms with Crippen molar-refractivity contribution in [1.29, 1.82) is 0 Å². The molecule has 0 bridgehead atoms. The number of hydrogen-bond donors (Lipinski definition) is 0. The van der Waals surface area contributed by atoms with Crippen LogP contribution in [0.3, 0.4) is 0 Å². The highest BCUT2D eigenvalue weighted by Crippen LogP contribution is 2.24. The summed E-state index contributed by atoms with van der Waals surface area (Å²) in [5.41, 5.74) is 2.36. The first-order chi connectivity index (χ1) is 9.86. The molecule has 3 nitrogen and oxygen atoms in total. The lowest BCUT2D eigenvalue weighted by Gasteiger charge is -2.30. The van der Waals surface area contributed by atoms with Gasteiger partial charge in [0.2, 0.25) is 5.91 Å². The molecule has 1 amide bonds. The van der Waals surface area contributed by atoms with Gasteiger partial charge in [-0.15, -0.1) is 11.8 Å². The molecule has 1 rings (SSSR count). The van der Waals surface area contributed by atoms with Gasteiger partial charge in [-0.3, -0.25) is 4.79 Å². The molecule has 0 saturated carbocycles. The Labute approximate surface area is 133 Å². The van der Waals surface area contributed by atoms with Crippen molar-refractivity contribution >= 4 is 17.7 Å². The Hall–Kier alpha value is -1.16. The van der Waals surface area contributed by atoms with Crippen molar-refractivity contribution in [2.45, 2.75) is 52.5 Å². The van der Waals surface area contributed by atoms with E-state index < -0.39 is 0 Å². The predicted molar refractivity (Wildman–Crippen MR) is 91.0 cm³/mol. The first-order valence-corrected chi connectivity index (χ1v) is 8.54. The number of amides is 1. The molecule has 118 valence electrons. The Kier molecular flexibility index (Phi) is 7.09. The fourth-order valence-corrected chi connectivity index (χ4v) is 3.39. The van der Waals surface area contributed by atoms with Gasteiger partial charge in [0.1, 0.15) is 5.75 Å². The third kappa shape index (κ3) is 5.27. The van der Waals surface area contributed by atoms with Crippen molar-refractivity contribution in [3.8, 4) is 5.75 Å². The minimum Gasteiger partial charge on any atom is -0.496 e. The average molecular weight is 309 g/mol. The van der Waals surface area contributed by atoms with Gasteiger partial charge in [0, 0.05) is 23.4 Å². The number of carbonyl (C=O) groups excluding carboxylic acids is 1. The first-order valence-electron chi connectivity index (χ1n) is 7.39. The van der Waals surface area contributed by atoms with Gasteiger partial charge in [-0.1, -0.05) is 17.7 Å². The van der Waals surface area contributed by atoms with Crippen LogP contribution in [0.1, 0.15) is 38.8 Å². The minimum absolute atomic E-state index is 0.205. The molecule has 0 heterocycles. The molecule has 0 aliphatic rings. The quantitative estimate of drug-likeness (QED) is 0.765. The molecule has 0 unspecified atom stereocenters. The Morgan fingerprint density at radius 3 is 2.38 bits per heavy atom. The molecule has 21 heavy (non-hydrogen) atoms. The lowest BCUT2D eigenvalue weighted by molar-refractivity contribution is -0.131. The van der Waals surface area contributed by atoms with Gasteiger partial charge >= 0.3 is 0 Å². The van der Waals surface area contributed by atoms with E-state index in [2.05, 4.69) is 40.7 Å². The van der Waals surface area contributed by atoms with Crippen LogP contribution in [0.4, 0.5) is 0 Å². The summed E-state index contributed by atoms with van der Waals surface area (Å²) < 4.78 is 5.37. The van der Waals surface area contributed by atoms with E-state index in [0.29, 0.717) is 5.75 Å². The van der Waals surface area contributed by atoms with Crippen LogP contribution in [0.5, 0.6) is 5.75 Å². The fourth-order valence-electron chi connectivity index (χ4n) is 2.52. The molecule has 0 saturated heterocycles. The molecule has 0 radical (unpaired) electrons. The molecule has 0 aliphatic heterocycles. The van der Waals surface area contributed by atoms with Gasteiger partial charge in [0.15, 0.2) is 0 Å². The van der Waals surface area contributed by atoms with Gasteiger partial charge in [-0.2, -0.15) is 0 Å². The zero-order valence-electron chi connectivity index (χ0n) is 14.0. The highest BCUT2D eigenvalue weighted by atomic mass is 32.2. The second-order valence-corrected chi connectivity index (χ2v) is 6.78. The van der Waals surface area contributed by atoms with Crippen LogP contribution in [-0.4, -0.2) is 35.8 Å². The molecule has 0 aliphatic carbocycles. The summed E-state index contributed by atoms with van der Waals surface area (Å²) in [6, 6.07) is 6.64. The molecule has 0 atom stereocenters. The van der Waals surface area contributed by atoms with Gasteiger partial charge in [0.05, 0.1) is 12.9 Å². The summed E-state index contributed by atoms with van der Waals surface area (Å²) >= 11 is 1.64. The maximum absolute atomic E-state index is 12.3. The molecule has 0 N–H and O–H groups in total. The van der Waals surface area contributed by atoms with Crippen LogP contribution in [-0.2, 0) is 10.5 Å². The topological polar surface area (TPSA) is 29.5 Å². The number of benzene rings is 1. The van der Waals surface area contributed by atoms with Crippen LogP contribution in [0.25, 0.3) is 0 Å². The summed E-state index contributed by atoms with van der Waals surface area (Å²) in [6.07, 6.45) is 0. The third-order valence-electron chi connectivity index (χ3n) is 3.32. The highest BCUT2D eigenvalue weighted by Gasteiger charge is 2.19. The monoisotopic (exact) mass is 309 g/mol. The smallest absolute Gasteiger partial charge is 0.233 e. The number of thioether (sulfide) groups is 1. The summed E-state index contributed by atoms with van der Waals surface area (Å²) in [5, 5.41) is 0. The second kappa shape index (κ2) is 8.32. The van der Waals surface area contributed by atoms with Crippen LogP contribution in [0.15, 0.2) is 18.2 Å². The third-order valence-corrected chi connectivity index (χ3v) is 4.29. The number of hydrogen-bond acceptors (Lipinski definition) is 3. The molecular formula is C17H27NO2S. The Morgan fingerprint density at radius 1 is 1.24 bits per heavy atom. The molecule has 4 heteroatoms. The number of carbonyl (C=O) groups is 1. The fraction of sp³-hybridized carbons (Fsp3) is 0.588. The van der Waals surface area contributed by atoms with Gasteiger partial charge < -0.3 is 9.64 Å². The van der Waals surface area contributed by atoms with Crippen molar-refractivity contribution in [3.05, 3.63) is 29.3 Å². The van der Waals surface area contributed by atoms with Crippen LogP contribution >= 0.6 is 11.8 Å². The Balaban J connectivity index is 2.61. The van der Waals surface area contributed by atoms with Crippen molar-refractivity contribution in [3.63, 3.8) is 0 Å². The Bertz CT molecular complexity index is 464. The van der Waals surface area contributed by atoms with E-state index in [1.54, 1.807) is 18.9 Å². The number of ether oxygens (including phenoxy) is 1. The predicted octanol–water partition coefficient (Wildman–Crippen LogP) is 3.88. The summed E-state index contributed by atoms with van der Waals surface area (Å²) in [4.78, 5) is 14.3. The molecule has 0 fully saturated rings. The zero-order chi connectivity index (χ0) is 16.0. The lowest BCUT2D eigenvalue weighted by Crippen LogP contribution is -2.43. The molecule has 1 aromatic carbocycles. The van der Waals surface area contributed by atoms with Crippen molar-refractivity contribution < 1.29 is 9.53 Å². The van der Waals surface area contributed by atoms with Crippen molar-refractivity contribution in [2.24, 2.45) is 0 Å². The second-order valence-electron chi connectivity index (χ2n) is 5.80. The van der Waals surface area contributed by atoms with Gasteiger partial charge in [0.25, 0.3) is 0 Å². The molecule has 1 aromatic rings. The van der Waals surface area contributed by atoms with E-state index in [9.17, 15) is 4.79 Å². The summed E-state index contributed by atoms with van der Waals surface area (Å²) in [5.74, 6) is 2.40. The van der Waals surface area contributed by atoms with E-state index >= 15 is 0 Å². The van der Waals surface area contributed by atoms with E-state index in [0.717, 1.165) is 17.1 Å². The maximum Gasteiger partial charge on any atom is 0.233 e. The average Bonchev–Trinajstić information content (AvgIpc) is 2.38. The van der Waals surface area contributed by atoms with E-state index in [1.165, 1.54) is 5.56 Å². The van der Waals surface area contributed by atoms with Gasteiger partial charge in [-0.05, 0) is 40.7 Å². The number of nitrogens with zero attached hydrogens (tertiary/aromatic N) is 1. The lowest BCUT2D eigenvalue weighted by atomic mass is 10.1. The standard InChI is InChI=1S/C17H27NO2S/c1-12(2)18(13(3)4)17(19)11-21-10-15-9-14(5)7-8-16(15)20-6/h7-9,12-13H,10-11H2,1-6H3. The molecule has 0 aromatic heterocycles. The summed E-state index contributed by atoms with van der Waals surface area (Å²) in [6.45, 7) is 10.3. The van der Waals surface area contributed by atoms with Crippen LogP contribution in [0.2, 0.25) is 0 Å². The summed E-state index contributed by atoms with van der Waals surface area (Å²) in [7, 11) is 1.68. The van der Waals surface area contributed by atoms with E-state index in [1.807, 2.05) is 17.0 Å². The minimum atomic E-state index is 0.205. The number of rotatable bonds is 7. The maximum atomic E-state index is 12.3. The van der Waals surface area contributed by atoms with Gasteiger partial charge in [-0.25, -0.2) is 0 Å². The zero-order valence-corrected chi connectivity index (χ0v) is 14.8. The highest BCUT2D eigenvalue weighted by molar-refractivity contribution is 7.99. The molecular weight excluding hydrogens is 282 g/mol. The normalized spacial score (nSPS) is 11.0. The van der Waals surface area contributed by atoms with Crippen LogP contribution in [0, 0.1) is 6.92 Å². The van der Waals surface area contributed by atoms with Crippen LogP contribution < -0.4 is 4.74 Å². The van der Waals surface area contributed by atoms with Crippen molar-refractivity contribution in [2.75, 3.05) is 12.9 Å².